The summed E-state index contributed by atoms with van der Waals surface area (Å²) in [5.41, 5.74) is 2.48. The van der Waals surface area contributed by atoms with Gasteiger partial charge in [-0.05, 0) is 24.5 Å². The molecular formula is C19H23NO. The highest BCUT2D eigenvalue weighted by atomic mass is 16.7. The molecule has 0 aliphatic heterocycles. The lowest BCUT2D eigenvalue weighted by Gasteiger charge is -2.34. The van der Waals surface area contributed by atoms with Crippen LogP contribution < -0.4 is 0 Å². The van der Waals surface area contributed by atoms with Crippen molar-refractivity contribution in [3.05, 3.63) is 84.4 Å². The quantitative estimate of drug-likeness (QED) is 0.527. The number of hydroxylamine groups is 2. The molecule has 2 nitrogen and oxygen atoms in total. The minimum absolute atomic E-state index is 0.156. The van der Waals surface area contributed by atoms with Crippen LogP contribution in [0.25, 0.3) is 0 Å². The second-order valence-corrected chi connectivity index (χ2v) is 5.08. The van der Waals surface area contributed by atoms with Gasteiger partial charge in [0.1, 0.15) is 0 Å². The molecule has 0 radical (unpaired) electrons. The first-order valence-corrected chi connectivity index (χ1v) is 7.31. The molecule has 0 amide bonds. The van der Waals surface area contributed by atoms with Crippen LogP contribution in [0, 0.1) is 0 Å². The number of rotatable bonds is 7. The molecule has 2 rings (SSSR count). The highest BCUT2D eigenvalue weighted by molar-refractivity contribution is 5.22. The maximum Gasteiger partial charge on any atom is 0.0643 e. The smallest absolute Gasteiger partial charge is 0.0643 e. The first-order chi connectivity index (χ1) is 10.3. The molecule has 0 spiro atoms. The van der Waals surface area contributed by atoms with E-state index in [0.29, 0.717) is 0 Å². The van der Waals surface area contributed by atoms with Gasteiger partial charge in [0.2, 0.25) is 0 Å². The Bertz CT molecular complexity index is 538. The Morgan fingerprint density at radius 1 is 1.00 bits per heavy atom. The summed E-state index contributed by atoms with van der Waals surface area (Å²) in [5.74, 6) is 0. The van der Waals surface area contributed by atoms with Gasteiger partial charge in [0.25, 0.3) is 0 Å². The fraction of sp³-hybridized carbons (Fsp3) is 0.263. The molecule has 2 aromatic rings. The van der Waals surface area contributed by atoms with E-state index in [1.165, 1.54) is 11.1 Å². The highest BCUT2D eigenvalue weighted by Gasteiger charge is 2.25. The van der Waals surface area contributed by atoms with E-state index in [2.05, 4.69) is 62.0 Å². The van der Waals surface area contributed by atoms with Gasteiger partial charge in [-0.1, -0.05) is 66.7 Å². The monoisotopic (exact) mass is 281 g/mol. The molecule has 0 aromatic heterocycles. The van der Waals surface area contributed by atoms with E-state index in [0.717, 1.165) is 6.42 Å². The Labute approximate surface area is 127 Å². The van der Waals surface area contributed by atoms with Crippen LogP contribution in [0.1, 0.15) is 36.6 Å². The van der Waals surface area contributed by atoms with E-state index in [9.17, 15) is 0 Å². The summed E-state index contributed by atoms with van der Waals surface area (Å²) in [6, 6.07) is 21.2. The lowest BCUT2D eigenvalue weighted by Crippen LogP contribution is -2.30. The Morgan fingerprint density at radius 2 is 1.52 bits per heavy atom. The summed E-state index contributed by atoms with van der Waals surface area (Å²) in [6.07, 6.45) is 2.79. The third-order valence-electron chi connectivity index (χ3n) is 3.76. The molecule has 0 aliphatic rings. The van der Waals surface area contributed by atoms with E-state index < -0.39 is 0 Å². The minimum atomic E-state index is 0.156. The van der Waals surface area contributed by atoms with Gasteiger partial charge >= 0.3 is 0 Å². The molecule has 2 heteroatoms. The van der Waals surface area contributed by atoms with Gasteiger partial charge in [-0.2, -0.15) is 5.06 Å². The van der Waals surface area contributed by atoms with Gasteiger partial charge in [0.05, 0.1) is 19.2 Å². The molecule has 0 fully saturated rings. The van der Waals surface area contributed by atoms with Crippen molar-refractivity contribution in [3.8, 4) is 0 Å². The van der Waals surface area contributed by atoms with Gasteiger partial charge < -0.3 is 4.84 Å². The summed E-state index contributed by atoms with van der Waals surface area (Å²) in [6.45, 7) is 6.06. The highest BCUT2D eigenvalue weighted by Crippen LogP contribution is 2.32. The van der Waals surface area contributed by atoms with Crippen LogP contribution in [0.3, 0.4) is 0 Å². The zero-order valence-corrected chi connectivity index (χ0v) is 12.8. The topological polar surface area (TPSA) is 12.5 Å². The van der Waals surface area contributed by atoms with E-state index in [1.54, 1.807) is 7.11 Å². The van der Waals surface area contributed by atoms with Crippen molar-refractivity contribution in [2.45, 2.75) is 25.4 Å². The van der Waals surface area contributed by atoms with Crippen molar-refractivity contribution in [1.82, 2.24) is 5.06 Å². The molecule has 0 bridgehead atoms. The van der Waals surface area contributed by atoms with Crippen molar-refractivity contribution in [1.29, 1.82) is 0 Å². The second kappa shape index (κ2) is 7.77. The second-order valence-electron chi connectivity index (χ2n) is 5.08. The molecule has 0 saturated heterocycles. The van der Waals surface area contributed by atoms with Crippen molar-refractivity contribution in [3.63, 3.8) is 0 Å². The van der Waals surface area contributed by atoms with Crippen molar-refractivity contribution >= 4 is 0 Å². The Morgan fingerprint density at radius 3 is 2.00 bits per heavy atom. The molecule has 0 heterocycles. The number of hydrogen-bond acceptors (Lipinski definition) is 2. The Kier molecular flexibility index (Phi) is 5.73. The summed E-state index contributed by atoms with van der Waals surface area (Å²) >= 11 is 0. The SMILES string of the molecule is C=CCC(c1ccccc1)N(OC)C(C)c1ccccc1. The van der Waals surface area contributed by atoms with Gasteiger partial charge in [-0.15, -0.1) is 6.58 Å². The predicted molar refractivity (Wildman–Crippen MR) is 87.7 cm³/mol. The number of benzene rings is 2. The van der Waals surface area contributed by atoms with Crippen LogP contribution in [0.15, 0.2) is 73.3 Å². The van der Waals surface area contributed by atoms with Crippen molar-refractivity contribution in [2.24, 2.45) is 0 Å². The van der Waals surface area contributed by atoms with Gasteiger partial charge in [-0.25, -0.2) is 0 Å². The van der Waals surface area contributed by atoms with Crippen molar-refractivity contribution in [2.75, 3.05) is 7.11 Å². The van der Waals surface area contributed by atoms with Crippen LogP contribution >= 0.6 is 0 Å². The fourth-order valence-electron chi connectivity index (χ4n) is 2.65. The Balaban J connectivity index is 2.30. The predicted octanol–water partition coefficient (Wildman–Crippen LogP) is 4.93. The molecule has 110 valence electrons. The van der Waals surface area contributed by atoms with Gasteiger partial charge in [0, 0.05) is 0 Å². The average molecular weight is 281 g/mol. The fourth-order valence-corrected chi connectivity index (χ4v) is 2.65. The molecule has 0 saturated carbocycles. The lowest BCUT2D eigenvalue weighted by atomic mass is 10.00. The summed E-state index contributed by atoms with van der Waals surface area (Å²) < 4.78 is 0. The molecule has 2 aromatic carbocycles. The summed E-state index contributed by atoms with van der Waals surface area (Å²) in [7, 11) is 1.73. The van der Waals surface area contributed by atoms with Gasteiger partial charge in [-0.3, -0.25) is 0 Å². The van der Waals surface area contributed by atoms with Crippen molar-refractivity contribution < 1.29 is 4.84 Å². The first-order valence-electron chi connectivity index (χ1n) is 7.31. The van der Waals surface area contributed by atoms with E-state index in [1.807, 2.05) is 23.3 Å². The molecule has 0 N–H and O–H groups in total. The molecule has 2 unspecified atom stereocenters. The maximum absolute atomic E-state index is 5.72. The summed E-state index contributed by atoms with van der Waals surface area (Å²) in [4.78, 5) is 5.72. The number of nitrogens with zero attached hydrogens (tertiary/aromatic N) is 1. The van der Waals surface area contributed by atoms with E-state index in [4.69, 9.17) is 4.84 Å². The Hall–Kier alpha value is -1.90. The lowest BCUT2D eigenvalue weighted by molar-refractivity contribution is -0.190. The zero-order chi connectivity index (χ0) is 15.1. The van der Waals surface area contributed by atoms with Crippen LogP contribution in [0.2, 0.25) is 0 Å². The molecule has 2 atom stereocenters. The molecule has 21 heavy (non-hydrogen) atoms. The normalized spacial score (nSPS) is 13.9. The zero-order valence-electron chi connectivity index (χ0n) is 12.8. The number of hydrogen-bond donors (Lipinski definition) is 0. The average Bonchev–Trinajstić information content (AvgIpc) is 2.56. The van der Waals surface area contributed by atoms with E-state index in [-0.39, 0.29) is 12.1 Å². The largest absolute Gasteiger partial charge is 0.301 e. The van der Waals surface area contributed by atoms with Crippen LogP contribution in [-0.4, -0.2) is 12.2 Å². The van der Waals surface area contributed by atoms with E-state index >= 15 is 0 Å². The standard InChI is InChI=1S/C19H23NO/c1-4-11-19(18-14-9-6-10-15-18)20(21-3)16(2)17-12-7-5-8-13-17/h4-10,12-16,19H,1,11H2,2-3H3. The third kappa shape index (κ3) is 3.81. The van der Waals surface area contributed by atoms with Crippen LogP contribution in [0.4, 0.5) is 0 Å². The summed E-state index contributed by atoms with van der Waals surface area (Å²) in [5, 5.41) is 2.05. The van der Waals surface area contributed by atoms with Gasteiger partial charge in [0.15, 0.2) is 0 Å². The first kappa shape index (κ1) is 15.5. The maximum atomic E-state index is 5.72. The minimum Gasteiger partial charge on any atom is -0.301 e. The van der Waals surface area contributed by atoms with Crippen LogP contribution in [-0.2, 0) is 4.84 Å². The molecule has 0 aliphatic carbocycles. The van der Waals surface area contributed by atoms with Crippen LogP contribution in [0.5, 0.6) is 0 Å². The molecular weight excluding hydrogens is 258 g/mol. The third-order valence-corrected chi connectivity index (χ3v) is 3.76.